The number of hydrogen-bond donors (Lipinski definition) is 5. The van der Waals surface area contributed by atoms with Crippen LogP contribution in [0.2, 0.25) is 0 Å². The number of benzene rings is 3. The Morgan fingerprint density at radius 2 is 1.70 bits per heavy atom. The van der Waals surface area contributed by atoms with Gasteiger partial charge in [0.1, 0.15) is 23.1 Å². The number of aliphatic hydroxyl groups is 1. The van der Waals surface area contributed by atoms with Crippen LogP contribution in [0.4, 0.5) is 8.78 Å². The van der Waals surface area contributed by atoms with Crippen molar-refractivity contribution in [3.8, 4) is 11.5 Å². The van der Waals surface area contributed by atoms with Crippen LogP contribution in [0.5, 0.6) is 11.5 Å². The summed E-state index contributed by atoms with van der Waals surface area (Å²) in [5.74, 6) is -2.40. The molecule has 0 radical (unpaired) electrons. The molecule has 10 heteroatoms. The Bertz CT molecular complexity index is 1230. The Balaban J connectivity index is 1.77. The van der Waals surface area contributed by atoms with Crippen molar-refractivity contribution in [2.75, 3.05) is 20.7 Å². The highest BCUT2D eigenvalue weighted by molar-refractivity contribution is 6.01. The Kier molecular flexibility index (Phi) is 9.53. The smallest absolute Gasteiger partial charge is 0.254 e. The predicted octanol–water partition coefficient (Wildman–Crippen LogP) is 2.53. The van der Waals surface area contributed by atoms with Gasteiger partial charge < -0.3 is 30.9 Å². The van der Waals surface area contributed by atoms with Gasteiger partial charge in [0.15, 0.2) is 0 Å². The van der Waals surface area contributed by atoms with Crippen molar-refractivity contribution in [2.24, 2.45) is 0 Å². The minimum absolute atomic E-state index is 0.0546. The molecular formula is C27H29F2N3O5. The van der Waals surface area contributed by atoms with Gasteiger partial charge in [0.05, 0.1) is 24.8 Å². The number of aromatic hydroxyl groups is 1. The number of hydrogen-bond acceptors (Lipinski definition) is 6. The monoisotopic (exact) mass is 513 g/mol. The highest BCUT2D eigenvalue weighted by Crippen LogP contribution is 2.19. The molecule has 2 amide bonds. The fraction of sp³-hybridized carbons (Fsp3) is 0.259. The van der Waals surface area contributed by atoms with E-state index in [1.807, 2.05) is 18.2 Å². The maximum Gasteiger partial charge on any atom is 0.254 e. The van der Waals surface area contributed by atoms with Crippen LogP contribution in [0.15, 0.2) is 60.7 Å². The summed E-state index contributed by atoms with van der Waals surface area (Å²) >= 11 is 0. The molecule has 0 bridgehead atoms. The van der Waals surface area contributed by atoms with E-state index in [-0.39, 0.29) is 35.4 Å². The molecule has 8 nitrogen and oxygen atoms in total. The van der Waals surface area contributed by atoms with Crippen molar-refractivity contribution in [3.63, 3.8) is 0 Å². The van der Waals surface area contributed by atoms with E-state index < -0.39 is 35.6 Å². The van der Waals surface area contributed by atoms with Crippen LogP contribution < -0.4 is 20.7 Å². The minimum Gasteiger partial charge on any atom is -0.507 e. The molecule has 0 unspecified atom stereocenters. The first-order chi connectivity index (χ1) is 17.7. The number of rotatable bonds is 11. The summed E-state index contributed by atoms with van der Waals surface area (Å²) in [6.45, 7) is 0.454. The number of amides is 2. The molecule has 3 aromatic rings. The van der Waals surface area contributed by atoms with Gasteiger partial charge in [0.25, 0.3) is 11.8 Å². The Morgan fingerprint density at radius 1 is 0.973 bits per heavy atom. The molecule has 0 saturated heterocycles. The summed E-state index contributed by atoms with van der Waals surface area (Å²) < 4.78 is 32.8. The lowest BCUT2D eigenvalue weighted by molar-refractivity contribution is 0.0829. The Hall–Kier alpha value is -4.02. The van der Waals surface area contributed by atoms with E-state index >= 15 is 0 Å². The van der Waals surface area contributed by atoms with Crippen molar-refractivity contribution in [1.82, 2.24) is 16.0 Å². The number of aliphatic hydroxyl groups excluding tert-OH is 1. The average molecular weight is 514 g/mol. The molecule has 0 saturated carbocycles. The van der Waals surface area contributed by atoms with E-state index in [9.17, 15) is 28.6 Å². The fourth-order valence-corrected chi connectivity index (χ4v) is 3.80. The fourth-order valence-electron chi connectivity index (χ4n) is 3.80. The van der Waals surface area contributed by atoms with Gasteiger partial charge in [0.2, 0.25) is 0 Å². The normalized spacial score (nSPS) is 12.5. The quantitative estimate of drug-likeness (QED) is 0.269. The highest BCUT2D eigenvalue weighted by Gasteiger charge is 2.24. The number of carbonyl (C=O) groups is 2. The molecule has 0 aliphatic carbocycles. The number of phenolic OH excluding ortho intramolecular Hbond substituents is 1. The molecule has 0 aliphatic heterocycles. The molecule has 3 aromatic carbocycles. The zero-order valence-corrected chi connectivity index (χ0v) is 20.4. The first-order valence-electron chi connectivity index (χ1n) is 11.5. The van der Waals surface area contributed by atoms with Gasteiger partial charge in [-0.2, -0.15) is 0 Å². The van der Waals surface area contributed by atoms with Crippen LogP contribution in [0.3, 0.4) is 0 Å². The largest absolute Gasteiger partial charge is 0.507 e. The minimum atomic E-state index is -1.14. The number of methoxy groups -OCH3 is 1. The van der Waals surface area contributed by atoms with Gasteiger partial charge in [-0.05, 0) is 60.0 Å². The second-order valence-corrected chi connectivity index (χ2v) is 8.42. The molecular weight excluding hydrogens is 484 g/mol. The van der Waals surface area contributed by atoms with Crippen molar-refractivity contribution in [2.45, 2.75) is 25.1 Å². The summed E-state index contributed by atoms with van der Waals surface area (Å²) in [5, 5.41) is 29.0. The van der Waals surface area contributed by atoms with Crippen molar-refractivity contribution >= 4 is 11.8 Å². The Morgan fingerprint density at radius 3 is 2.38 bits per heavy atom. The second-order valence-electron chi connectivity index (χ2n) is 8.42. The number of phenols is 1. The van der Waals surface area contributed by atoms with Gasteiger partial charge in [-0.15, -0.1) is 0 Å². The van der Waals surface area contributed by atoms with Gasteiger partial charge in [-0.1, -0.05) is 12.1 Å². The molecule has 0 heterocycles. The number of ether oxygens (including phenoxy) is 1. The third-order valence-corrected chi connectivity index (χ3v) is 5.71. The second kappa shape index (κ2) is 12.8. The maximum atomic E-state index is 13.8. The SMILES string of the molecule is CNC(=O)c1cc(C(=O)N[C@@H](Cc2cc(F)cc(F)c2)[C@H](O)CNCc2cccc(OC)c2)ccc1O. The first-order valence-corrected chi connectivity index (χ1v) is 11.5. The first kappa shape index (κ1) is 27.6. The summed E-state index contributed by atoms with van der Waals surface area (Å²) in [4.78, 5) is 25.0. The van der Waals surface area contributed by atoms with Gasteiger partial charge >= 0.3 is 0 Å². The van der Waals surface area contributed by atoms with Crippen LogP contribution in [0, 0.1) is 11.6 Å². The topological polar surface area (TPSA) is 120 Å². The van der Waals surface area contributed by atoms with Crippen molar-refractivity contribution in [3.05, 3.63) is 94.6 Å². The number of halogens is 2. The molecule has 3 rings (SSSR count). The Labute approximate surface area is 213 Å². The van der Waals surface area contributed by atoms with Crippen molar-refractivity contribution in [1.29, 1.82) is 0 Å². The van der Waals surface area contributed by atoms with Crippen LogP contribution in [0.25, 0.3) is 0 Å². The van der Waals surface area contributed by atoms with E-state index in [0.717, 1.165) is 23.8 Å². The molecule has 196 valence electrons. The summed E-state index contributed by atoms with van der Waals surface area (Å²) in [6.07, 6.45) is -1.21. The van der Waals surface area contributed by atoms with Crippen LogP contribution in [-0.4, -0.2) is 54.9 Å². The zero-order valence-electron chi connectivity index (χ0n) is 20.4. The van der Waals surface area contributed by atoms with E-state index in [0.29, 0.717) is 12.3 Å². The molecule has 0 fully saturated rings. The van der Waals surface area contributed by atoms with Gasteiger partial charge in [0, 0.05) is 31.8 Å². The van der Waals surface area contributed by atoms with Crippen LogP contribution in [0.1, 0.15) is 31.8 Å². The molecule has 0 aliphatic rings. The third-order valence-electron chi connectivity index (χ3n) is 5.71. The van der Waals surface area contributed by atoms with Gasteiger partial charge in [-0.25, -0.2) is 8.78 Å². The zero-order chi connectivity index (χ0) is 26.9. The molecule has 2 atom stereocenters. The molecule has 37 heavy (non-hydrogen) atoms. The van der Waals surface area contributed by atoms with E-state index in [2.05, 4.69) is 16.0 Å². The lowest BCUT2D eigenvalue weighted by Crippen LogP contribution is -2.48. The summed E-state index contributed by atoms with van der Waals surface area (Å²) in [7, 11) is 2.95. The predicted molar refractivity (Wildman–Crippen MR) is 134 cm³/mol. The highest BCUT2D eigenvalue weighted by atomic mass is 19.1. The summed E-state index contributed by atoms with van der Waals surface area (Å²) in [6, 6.07) is 13.2. The van der Waals surface area contributed by atoms with Crippen LogP contribution >= 0.6 is 0 Å². The number of nitrogens with one attached hydrogen (secondary N) is 3. The molecule has 0 spiro atoms. The third kappa shape index (κ3) is 7.73. The number of carbonyl (C=O) groups excluding carboxylic acids is 2. The van der Waals surface area contributed by atoms with E-state index in [1.54, 1.807) is 13.2 Å². The average Bonchev–Trinajstić information content (AvgIpc) is 2.87. The van der Waals surface area contributed by atoms with E-state index in [1.165, 1.54) is 25.2 Å². The lowest BCUT2D eigenvalue weighted by Gasteiger charge is -2.25. The van der Waals surface area contributed by atoms with Gasteiger partial charge in [-0.3, -0.25) is 9.59 Å². The standard InChI is InChI=1S/C27H29F2N3O5/c1-30-27(36)22-12-18(6-7-24(22)33)26(35)32-23(11-17-8-19(28)13-20(29)9-17)25(34)15-31-14-16-4-3-5-21(10-16)37-2/h3-10,12-13,23,25,31,33-34H,11,14-15H2,1-2H3,(H,30,36)(H,32,35)/t23-,25+/m0/s1. The van der Waals surface area contributed by atoms with Crippen molar-refractivity contribution < 1.29 is 33.3 Å². The molecule has 5 N–H and O–H groups in total. The maximum absolute atomic E-state index is 13.8. The van der Waals surface area contributed by atoms with Crippen LogP contribution in [-0.2, 0) is 13.0 Å². The molecule has 0 aromatic heterocycles. The lowest BCUT2D eigenvalue weighted by atomic mass is 9.99. The summed E-state index contributed by atoms with van der Waals surface area (Å²) in [5.41, 5.74) is 1.11. The van der Waals surface area contributed by atoms with E-state index in [4.69, 9.17) is 4.74 Å².